The first kappa shape index (κ1) is 12.6. The Labute approximate surface area is 105 Å². The van der Waals surface area contributed by atoms with Gasteiger partial charge in [0.25, 0.3) is 0 Å². The molecule has 7 nitrogen and oxygen atoms in total. The summed E-state index contributed by atoms with van der Waals surface area (Å²) in [6.07, 6.45) is 1.38. The molecule has 2 amide bonds. The molecule has 2 rings (SSSR count). The van der Waals surface area contributed by atoms with Gasteiger partial charge in [0, 0.05) is 13.1 Å². The number of ether oxygens (including phenoxy) is 1. The Morgan fingerprint density at radius 2 is 2.61 bits per heavy atom. The van der Waals surface area contributed by atoms with Crippen molar-refractivity contribution in [2.24, 2.45) is 0 Å². The maximum atomic E-state index is 11.8. The zero-order valence-corrected chi connectivity index (χ0v) is 10.3. The standard InChI is InChI=1S/C11H17N5O2/c1-3-4-12-11(17)16-5-6-18-9(7-16)10-13-8(2)14-15-10/h3,9H,1,4-7H2,2H3,(H,12,17)(H,13,14,15). The van der Waals surface area contributed by atoms with Crippen molar-refractivity contribution in [3.63, 3.8) is 0 Å². The lowest BCUT2D eigenvalue weighted by molar-refractivity contribution is -0.0197. The van der Waals surface area contributed by atoms with Gasteiger partial charge in [0.05, 0.1) is 13.2 Å². The van der Waals surface area contributed by atoms with E-state index in [2.05, 4.69) is 27.1 Å². The number of urea groups is 1. The van der Waals surface area contributed by atoms with Crippen LogP contribution >= 0.6 is 0 Å². The van der Waals surface area contributed by atoms with Crippen molar-refractivity contribution in [2.75, 3.05) is 26.2 Å². The normalized spacial score (nSPS) is 19.6. The van der Waals surface area contributed by atoms with Crippen LogP contribution in [0.2, 0.25) is 0 Å². The molecule has 2 N–H and O–H groups in total. The lowest BCUT2D eigenvalue weighted by Crippen LogP contribution is -2.47. The van der Waals surface area contributed by atoms with Crippen LogP contribution in [0.4, 0.5) is 4.79 Å². The van der Waals surface area contributed by atoms with E-state index in [0.717, 1.165) is 5.82 Å². The Balaban J connectivity index is 1.96. The van der Waals surface area contributed by atoms with Gasteiger partial charge in [-0.25, -0.2) is 9.78 Å². The third kappa shape index (κ3) is 2.86. The predicted octanol–water partition coefficient (Wildman–Crippen LogP) is 0.382. The van der Waals surface area contributed by atoms with E-state index < -0.39 is 0 Å². The van der Waals surface area contributed by atoms with Gasteiger partial charge in [-0.3, -0.25) is 5.10 Å². The fourth-order valence-electron chi connectivity index (χ4n) is 1.77. The van der Waals surface area contributed by atoms with E-state index in [1.54, 1.807) is 11.0 Å². The number of H-pyrrole nitrogens is 1. The largest absolute Gasteiger partial charge is 0.366 e. The zero-order chi connectivity index (χ0) is 13.0. The number of aryl methyl sites for hydroxylation is 1. The van der Waals surface area contributed by atoms with E-state index in [1.807, 2.05) is 6.92 Å². The minimum atomic E-state index is -0.266. The van der Waals surface area contributed by atoms with Crippen LogP contribution in [-0.4, -0.2) is 52.4 Å². The second-order valence-electron chi connectivity index (χ2n) is 4.06. The number of hydrogen-bond donors (Lipinski definition) is 2. The summed E-state index contributed by atoms with van der Waals surface area (Å²) in [6, 6.07) is -0.115. The van der Waals surface area contributed by atoms with Crippen molar-refractivity contribution in [3.05, 3.63) is 24.3 Å². The highest BCUT2D eigenvalue weighted by molar-refractivity contribution is 5.74. The summed E-state index contributed by atoms with van der Waals surface area (Å²) in [5.41, 5.74) is 0. The molecule has 1 aliphatic heterocycles. The molecular formula is C11H17N5O2. The minimum Gasteiger partial charge on any atom is -0.366 e. The fourth-order valence-corrected chi connectivity index (χ4v) is 1.77. The summed E-state index contributed by atoms with van der Waals surface area (Å²) in [4.78, 5) is 17.7. The predicted molar refractivity (Wildman–Crippen MR) is 65.0 cm³/mol. The molecule has 18 heavy (non-hydrogen) atoms. The summed E-state index contributed by atoms with van der Waals surface area (Å²) in [6.45, 7) is 7.36. The molecular weight excluding hydrogens is 234 g/mol. The molecule has 1 saturated heterocycles. The highest BCUT2D eigenvalue weighted by Crippen LogP contribution is 2.18. The van der Waals surface area contributed by atoms with Gasteiger partial charge in [-0.1, -0.05) is 6.08 Å². The van der Waals surface area contributed by atoms with Crippen LogP contribution in [0.25, 0.3) is 0 Å². The lowest BCUT2D eigenvalue weighted by atomic mass is 10.2. The first-order valence-corrected chi connectivity index (χ1v) is 5.85. The number of nitrogens with zero attached hydrogens (tertiary/aromatic N) is 3. The van der Waals surface area contributed by atoms with Crippen molar-refractivity contribution in [1.29, 1.82) is 0 Å². The molecule has 0 radical (unpaired) electrons. The van der Waals surface area contributed by atoms with Crippen LogP contribution in [0.3, 0.4) is 0 Å². The van der Waals surface area contributed by atoms with Crippen molar-refractivity contribution >= 4 is 6.03 Å². The Morgan fingerprint density at radius 3 is 3.28 bits per heavy atom. The van der Waals surface area contributed by atoms with Gasteiger partial charge >= 0.3 is 6.03 Å². The summed E-state index contributed by atoms with van der Waals surface area (Å²) in [5.74, 6) is 1.33. The number of nitrogens with one attached hydrogen (secondary N) is 2. The number of aromatic amines is 1. The molecule has 1 aromatic rings. The maximum absolute atomic E-state index is 11.8. The molecule has 1 fully saturated rings. The molecule has 98 valence electrons. The van der Waals surface area contributed by atoms with Crippen LogP contribution in [0.1, 0.15) is 17.8 Å². The number of carbonyl (C=O) groups excluding carboxylic acids is 1. The fraction of sp³-hybridized carbons (Fsp3) is 0.545. The second kappa shape index (κ2) is 5.63. The molecule has 1 aromatic heterocycles. The van der Waals surface area contributed by atoms with Gasteiger partial charge in [-0.15, -0.1) is 6.58 Å². The molecule has 0 bridgehead atoms. The molecule has 1 aliphatic rings. The van der Waals surface area contributed by atoms with Gasteiger partial charge in [0.2, 0.25) is 0 Å². The number of aromatic nitrogens is 3. The van der Waals surface area contributed by atoms with Crippen molar-refractivity contribution in [1.82, 2.24) is 25.4 Å². The molecule has 1 atom stereocenters. The average molecular weight is 251 g/mol. The van der Waals surface area contributed by atoms with Gasteiger partial charge in [-0.05, 0) is 6.92 Å². The van der Waals surface area contributed by atoms with Crippen molar-refractivity contribution in [3.8, 4) is 0 Å². The topological polar surface area (TPSA) is 83.1 Å². The van der Waals surface area contributed by atoms with Crippen molar-refractivity contribution < 1.29 is 9.53 Å². The first-order chi connectivity index (χ1) is 8.70. The van der Waals surface area contributed by atoms with Gasteiger partial charge in [0.15, 0.2) is 5.82 Å². The quantitative estimate of drug-likeness (QED) is 0.761. The van der Waals surface area contributed by atoms with Gasteiger partial charge < -0.3 is 15.0 Å². The summed E-state index contributed by atoms with van der Waals surface area (Å²) < 4.78 is 5.58. The van der Waals surface area contributed by atoms with Crippen LogP contribution in [-0.2, 0) is 4.74 Å². The van der Waals surface area contributed by atoms with Gasteiger partial charge in [0.1, 0.15) is 11.9 Å². The molecule has 0 saturated carbocycles. The summed E-state index contributed by atoms with van der Waals surface area (Å²) in [7, 11) is 0. The van der Waals surface area contributed by atoms with E-state index in [0.29, 0.717) is 32.1 Å². The minimum absolute atomic E-state index is 0.115. The smallest absolute Gasteiger partial charge is 0.317 e. The second-order valence-corrected chi connectivity index (χ2v) is 4.06. The summed E-state index contributed by atoms with van der Waals surface area (Å²) in [5, 5.41) is 9.57. The number of carbonyl (C=O) groups is 1. The number of morpholine rings is 1. The van der Waals surface area contributed by atoms with Crippen LogP contribution in [0.5, 0.6) is 0 Å². The molecule has 0 spiro atoms. The first-order valence-electron chi connectivity index (χ1n) is 5.85. The Bertz CT molecular complexity index is 431. The van der Waals surface area contributed by atoms with Crippen molar-refractivity contribution in [2.45, 2.75) is 13.0 Å². The van der Waals surface area contributed by atoms with E-state index in [1.165, 1.54) is 0 Å². The van der Waals surface area contributed by atoms with Crippen LogP contribution < -0.4 is 5.32 Å². The van der Waals surface area contributed by atoms with Crippen LogP contribution in [0, 0.1) is 6.92 Å². The van der Waals surface area contributed by atoms with E-state index in [4.69, 9.17) is 4.74 Å². The maximum Gasteiger partial charge on any atom is 0.317 e. The molecule has 0 aliphatic carbocycles. The Kier molecular flexibility index (Phi) is 3.93. The molecule has 2 heterocycles. The SMILES string of the molecule is C=CCNC(=O)N1CCOC(c2n[nH]c(C)n2)C1. The monoisotopic (exact) mass is 251 g/mol. The zero-order valence-electron chi connectivity index (χ0n) is 10.3. The third-order valence-corrected chi connectivity index (χ3v) is 2.65. The highest BCUT2D eigenvalue weighted by atomic mass is 16.5. The summed E-state index contributed by atoms with van der Waals surface area (Å²) >= 11 is 0. The molecule has 1 unspecified atom stereocenters. The lowest BCUT2D eigenvalue weighted by Gasteiger charge is -2.31. The van der Waals surface area contributed by atoms with E-state index in [9.17, 15) is 4.79 Å². The molecule has 7 heteroatoms. The Hall–Kier alpha value is -1.89. The van der Waals surface area contributed by atoms with E-state index >= 15 is 0 Å². The number of rotatable bonds is 3. The third-order valence-electron chi connectivity index (χ3n) is 2.65. The molecule has 0 aromatic carbocycles. The van der Waals surface area contributed by atoms with Crippen LogP contribution in [0.15, 0.2) is 12.7 Å². The highest BCUT2D eigenvalue weighted by Gasteiger charge is 2.27. The Morgan fingerprint density at radius 1 is 1.78 bits per heavy atom. The van der Waals surface area contributed by atoms with Gasteiger partial charge in [-0.2, -0.15) is 5.10 Å². The van der Waals surface area contributed by atoms with E-state index in [-0.39, 0.29) is 12.1 Å². The number of amides is 2. The average Bonchev–Trinajstić information content (AvgIpc) is 2.83. The number of hydrogen-bond acceptors (Lipinski definition) is 4.